The van der Waals surface area contributed by atoms with E-state index in [1.54, 1.807) is 20.8 Å². The number of nitrogens with zero attached hydrogens (tertiary/aromatic N) is 1. The highest BCUT2D eigenvalue weighted by atomic mass is 32.2. The average Bonchev–Trinajstić information content (AvgIpc) is 3.12. The standard InChI is InChI=1S/C20H26N2O6S/c1-19(2,3)28-17(24)21-20(10-13-8-6-5-7-9-13)11-15-22(16(20)23)14(12-29-15)27-18(25)26-4/h5-9,14-15H,10-12H2,1-4H3,(H,21,24)/t14-,15+,20-/m1/s1. The number of fused-ring (bicyclic) bond motifs is 1. The van der Waals surface area contributed by atoms with E-state index in [0.29, 0.717) is 18.6 Å². The van der Waals surface area contributed by atoms with Gasteiger partial charge in [-0.25, -0.2) is 9.59 Å². The van der Waals surface area contributed by atoms with Crippen molar-refractivity contribution >= 4 is 29.9 Å². The molecule has 3 rings (SSSR count). The van der Waals surface area contributed by atoms with E-state index in [1.807, 2.05) is 30.3 Å². The molecule has 2 saturated heterocycles. The summed E-state index contributed by atoms with van der Waals surface area (Å²) in [5, 5.41) is 2.61. The fourth-order valence-electron chi connectivity index (χ4n) is 3.58. The highest BCUT2D eigenvalue weighted by Crippen LogP contribution is 2.44. The van der Waals surface area contributed by atoms with E-state index in [1.165, 1.54) is 23.8 Å². The quantitative estimate of drug-likeness (QED) is 0.746. The summed E-state index contributed by atoms with van der Waals surface area (Å²) in [6.07, 6.45) is -1.54. The molecule has 0 bridgehead atoms. The molecule has 2 aliphatic heterocycles. The van der Waals surface area contributed by atoms with Gasteiger partial charge in [0, 0.05) is 12.8 Å². The molecule has 2 amide bonds. The van der Waals surface area contributed by atoms with Crippen molar-refractivity contribution in [2.45, 2.75) is 56.4 Å². The second kappa shape index (κ2) is 8.14. The number of hydrogen-bond donors (Lipinski definition) is 1. The number of alkyl carbamates (subject to hydrolysis) is 1. The summed E-state index contributed by atoms with van der Waals surface area (Å²) >= 11 is 1.51. The van der Waals surface area contributed by atoms with Gasteiger partial charge in [0.25, 0.3) is 5.91 Å². The first kappa shape index (κ1) is 21.3. The molecule has 1 aromatic rings. The molecule has 9 heteroatoms. The maximum Gasteiger partial charge on any atom is 0.509 e. The van der Waals surface area contributed by atoms with E-state index >= 15 is 0 Å². The summed E-state index contributed by atoms with van der Waals surface area (Å²) in [5.74, 6) is 0.162. The zero-order chi connectivity index (χ0) is 21.2. The highest BCUT2D eigenvalue weighted by Gasteiger charge is 2.58. The molecule has 158 valence electrons. The molecule has 0 radical (unpaired) electrons. The fourth-order valence-corrected chi connectivity index (χ4v) is 4.99. The van der Waals surface area contributed by atoms with Crippen LogP contribution in [-0.2, 0) is 25.4 Å². The van der Waals surface area contributed by atoms with Gasteiger partial charge in [-0.15, -0.1) is 11.8 Å². The Morgan fingerprint density at radius 2 is 1.97 bits per heavy atom. The Kier molecular flexibility index (Phi) is 5.97. The minimum Gasteiger partial charge on any atom is -0.444 e. The van der Waals surface area contributed by atoms with Crippen LogP contribution in [-0.4, -0.2) is 58.7 Å². The molecular weight excluding hydrogens is 396 g/mol. The number of carbonyl (C=O) groups is 3. The Labute approximate surface area is 174 Å². The fraction of sp³-hybridized carbons (Fsp3) is 0.550. The lowest BCUT2D eigenvalue weighted by Crippen LogP contribution is -2.57. The molecular formula is C20H26N2O6S. The van der Waals surface area contributed by atoms with Crippen LogP contribution < -0.4 is 5.32 Å². The molecule has 0 unspecified atom stereocenters. The van der Waals surface area contributed by atoms with Crippen LogP contribution in [0.2, 0.25) is 0 Å². The first-order valence-corrected chi connectivity index (χ1v) is 10.4. The smallest absolute Gasteiger partial charge is 0.444 e. The summed E-state index contributed by atoms with van der Waals surface area (Å²) in [6.45, 7) is 5.30. The SMILES string of the molecule is COC(=O)O[C@@H]1CS[C@H]2C[C@@](Cc3ccccc3)(NC(=O)OC(C)(C)C)C(=O)N21. The summed E-state index contributed by atoms with van der Waals surface area (Å²) in [7, 11) is 1.22. The van der Waals surface area contributed by atoms with E-state index < -0.39 is 29.6 Å². The molecule has 2 aliphatic rings. The lowest BCUT2D eigenvalue weighted by molar-refractivity contribution is -0.141. The molecule has 8 nitrogen and oxygen atoms in total. The number of methoxy groups -OCH3 is 1. The second-order valence-electron chi connectivity index (χ2n) is 8.10. The van der Waals surface area contributed by atoms with Gasteiger partial charge < -0.3 is 19.5 Å². The molecule has 3 atom stereocenters. The number of nitrogens with one attached hydrogen (secondary N) is 1. The number of rotatable bonds is 4. The Bertz CT molecular complexity index is 781. The third kappa shape index (κ3) is 4.77. The van der Waals surface area contributed by atoms with Gasteiger partial charge in [-0.05, 0) is 26.3 Å². The number of thioether (sulfide) groups is 1. The largest absolute Gasteiger partial charge is 0.509 e. The first-order chi connectivity index (χ1) is 13.6. The van der Waals surface area contributed by atoms with Crippen LogP contribution in [0.4, 0.5) is 9.59 Å². The Hall–Kier alpha value is -2.42. The van der Waals surface area contributed by atoms with Gasteiger partial charge >= 0.3 is 12.2 Å². The van der Waals surface area contributed by atoms with Gasteiger partial charge in [-0.1, -0.05) is 30.3 Å². The van der Waals surface area contributed by atoms with E-state index in [0.717, 1.165) is 5.56 Å². The van der Waals surface area contributed by atoms with E-state index in [-0.39, 0.29) is 11.3 Å². The number of ether oxygens (including phenoxy) is 3. The minimum atomic E-state index is -1.18. The number of amides is 2. The number of hydrogen-bond acceptors (Lipinski definition) is 7. The Morgan fingerprint density at radius 3 is 2.59 bits per heavy atom. The van der Waals surface area contributed by atoms with Crippen molar-refractivity contribution in [3.8, 4) is 0 Å². The van der Waals surface area contributed by atoms with Crippen molar-refractivity contribution < 1.29 is 28.6 Å². The van der Waals surface area contributed by atoms with Crippen LogP contribution in [0, 0.1) is 0 Å². The monoisotopic (exact) mass is 422 g/mol. The van der Waals surface area contributed by atoms with Crippen molar-refractivity contribution in [3.05, 3.63) is 35.9 Å². The third-order valence-electron chi connectivity index (χ3n) is 4.71. The van der Waals surface area contributed by atoms with Crippen LogP contribution in [0.3, 0.4) is 0 Å². The maximum absolute atomic E-state index is 13.5. The van der Waals surface area contributed by atoms with Gasteiger partial charge in [-0.2, -0.15) is 0 Å². The maximum atomic E-state index is 13.5. The zero-order valence-electron chi connectivity index (χ0n) is 17.0. The predicted octanol–water partition coefficient (Wildman–Crippen LogP) is 2.91. The van der Waals surface area contributed by atoms with Gasteiger partial charge in [0.05, 0.1) is 18.2 Å². The topological polar surface area (TPSA) is 94.2 Å². The van der Waals surface area contributed by atoms with Gasteiger partial charge in [0.2, 0.25) is 0 Å². The molecule has 0 spiro atoms. The molecule has 1 N–H and O–H groups in total. The summed E-state index contributed by atoms with van der Waals surface area (Å²) < 4.78 is 15.2. The molecule has 0 aromatic heterocycles. The van der Waals surface area contributed by atoms with Crippen LogP contribution in [0.25, 0.3) is 0 Å². The lowest BCUT2D eigenvalue weighted by Gasteiger charge is -2.31. The highest BCUT2D eigenvalue weighted by molar-refractivity contribution is 8.00. The normalized spacial score (nSPS) is 26.1. The Morgan fingerprint density at radius 1 is 1.28 bits per heavy atom. The molecule has 0 saturated carbocycles. The van der Waals surface area contributed by atoms with Crippen molar-refractivity contribution in [2.75, 3.05) is 12.9 Å². The van der Waals surface area contributed by atoms with Crippen molar-refractivity contribution in [1.82, 2.24) is 10.2 Å². The molecule has 1 aromatic carbocycles. The Balaban J connectivity index is 1.86. The van der Waals surface area contributed by atoms with Crippen LogP contribution in [0.1, 0.15) is 32.8 Å². The number of carbonyl (C=O) groups excluding carboxylic acids is 3. The van der Waals surface area contributed by atoms with Crippen molar-refractivity contribution in [3.63, 3.8) is 0 Å². The molecule has 0 aliphatic carbocycles. The summed E-state index contributed by atoms with van der Waals surface area (Å²) in [5.41, 5.74) is -0.964. The van der Waals surface area contributed by atoms with E-state index in [9.17, 15) is 14.4 Å². The average molecular weight is 423 g/mol. The van der Waals surface area contributed by atoms with Gasteiger partial charge in [0.1, 0.15) is 11.1 Å². The second-order valence-corrected chi connectivity index (χ2v) is 9.31. The lowest BCUT2D eigenvalue weighted by atomic mass is 9.89. The predicted molar refractivity (Wildman–Crippen MR) is 107 cm³/mol. The molecule has 2 fully saturated rings. The van der Waals surface area contributed by atoms with Gasteiger partial charge in [0.15, 0.2) is 6.23 Å². The van der Waals surface area contributed by atoms with Gasteiger partial charge in [-0.3, -0.25) is 9.69 Å². The summed E-state index contributed by atoms with van der Waals surface area (Å²) in [4.78, 5) is 39.2. The van der Waals surface area contributed by atoms with E-state index in [2.05, 4.69) is 10.1 Å². The van der Waals surface area contributed by atoms with Crippen LogP contribution in [0.5, 0.6) is 0 Å². The molecule has 29 heavy (non-hydrogen) atoms. The minimum absolute atomic E-state index is 0.212. The van der Waals surface area contributed by atoms with Crippen molar-refractivity contribution in [1.29, 1.82) is 0 Å². The van der Waals surface area contributed by atoms with Crippen LogP contribution >= 0.6 is 11.8 Å². The zero-order valence-corrected chi connectivity index (χ0v) is 17.8. The third-order valence-corrected chi connectivity index (χ3v) is 5.96. The molecule has 2 heterocycles. The number of benzene rings is 1. The van der Waals surface area contributed by atoms with E-state index in [4.69, 9.17) is 9.47 Å². The summed E-state index contributed by atoms with van der Waals surface area (Å²) in [6, 6.07) is 9.47. The van der Waals surface area contributed by atoms with Crippen LogP contribution in [0.15, 0.2) is 30.3 Å². The van der Waals surface area contributed by atoms with Crippen molar-refractivity contribution in [2.24, 2.45) is 0 Å². The first-order valence-electron chi connectivity index (χ1n) is 9.38.